The molecular weight excluding hydrogens is 260 g/mol. The van der Waals surface area contributed by atoms with Crippen molar-refractivity contribution in [3.8, 4) is 0 Å². The van der Waals surface area contributed by atoms with E-state index >= 15 is 0 Å². The van der Waals surface area contributed by atoms with Crippen LogP contribution >= 0.6 is 0 Å². The second-order valence-corrected chi connectivity index (χ2v) is 5.98. The summed E-state index contributed by atoms with van der Waals surface area (Å²) in [7, 11) is 0.622. The number of rotatable bonds is 8. The summed E-state index contributed by atoms with van der Waals surface area (Å²) in [6.45, 7) is 3.04. The maximum Gasteiger partial charge on any atom is 0.229 e. The zero-order valence-corrected chi connectivity index (χ0v) is 13.1. The van der Waals surface area contributed by atoms with Crippen LogP contribution < -0.4 is 0 Å². The molecule has 104 valence electrons. The van der Waals surface area contributed by atoms with E-state index < -0.39 is 0 Å². The van der Waals surface area contributed by atoms with Crippen LogP contribution in [0.2, 0.25) is 6.04 Å². The fraction of sp³-hybridized carbons (Fsp3) is 0.333. The summed E-state index contributed by atoms with van der Waals surface area (Å²) in [5.41, 5.74) is 2.80. The average Bonchev–Trinajstić information content (AvgIpc) is 2.53. The Morgan fingerprint density at radius 3 is 1.95 bits per heavy atom. The maximum absolute atomic E-state index is 5.63. The third-order valence-corrected chi connectivity index (χ3v) is 4.25. The Labute approximate surface area is 124 Å². The van der Waals surface area contributed by atoms with E-state index in [1.807, 2.05) is 0 Å². The van der Waals surface area contributed by atoms with Gasteiger partial charge in [-0.15, -0.1) is 0 Å². The molecule has 0 saturated carbocycles. The highest BCUT2D eigenvalue weighted by Crippen LogP contribution is 2.29. The molecule has 0 unspecified atom stereocenters. The van der Waals surface area contributed by atoms with Crippen molar-refractivity contribution < 1.29 is 4.43 Å². The second-order valence-electron chi connectivity index (χ2n) is 4.91. The van der Waals surface area contributed by atoms with Gasteiger partial charge in [0.05, 0.1) is 0 Å². The summed E-state index contributed by atoms with van der Waals surface area (Å²) in [6, 6.07) is 22.7. The Morgan fingerprint density at radius 2 is 1.45 bits per heavy atom. The highest BCUT2D eigenvalue weighted by molar-refractivity contribution is 6.27. The van der Waals surface area contributed by atoms with E-state index in [1.165, 1.54) is 11.1 Å². The van der Waals surface area contributed by atoms with Gasteiger partial charge in [-0.2, -0.15) is 0 Å². The topological polar surface area (TPSA) is 9.23 Å². The normalized spacial score (nSPS) is 10.9. The van der Waals surface area contributed by atoms with Crippen LogP contribution in [0.1, 0.15) is 36.8 Å². The molecule has 2 heteroatoms. The third-order valence-electron chi connectivity index (χ3n) is 3.35. The van der Waals surface area contributed by atoms with Crippen molar-refractivity contribution >= 4 is 9.76 Å². The molecule has 2 rings (SSSR count). The lowest BCUT2D eigenvalue weighted by Gasteiger charge is -2.17. The Morgan fingerprint density at radius 1 is 0.900 bits per heavy atom. The molecule has 0 saturated heterocycles. The molecule has 0 aliphatic rings. The standard InChI is InChI=1S/C18H22OSi/c1-2-14-19-20-15-13-18(16-9-5-3-6-10-16)17-11-7-4-8-12-17/h3-12,18H,2,13-15H2,1H3. The van der Waals surface area contributed by atoms with Gasteiger partial charge in [0.1, 0.15) is 0 Å². The van der Waals surface area contributed by atoms with Crippen LogP contribution in [0.15, 0.2) is 60.7 Å². The van der Waals surface area contributed by atoms with Crippen molar-refractivity contribution in [3.05, 3.63) is 71.8 Å². The Kier molecular flexibility index (Phi) is 6.55. The molecule has 2 radical (unpaired) electrons. The van der Waals surface area contributed by atoms with Crippen LogP contribution in [0.4, 0.5) is 0 Å². The lowest BCUT2D eigenvalue weighted by atomic mass is 9.89. The van der Waals surface area contributed by atoms with Gasteiger partial charge in [-0.25, -0.2) is 0 Å². The zero-order valence-electron chi connectivity index (χ0n) is 12.1. The number of benzene rings is 2. The van der Waals surface area contributed by atoms with Gasteiger partial charge in [0.2, 0.25) is 9.76 Å². The molecule has 20 heavy (non-hydrogen) atoms. The molecule has 0 amide bonds. The second kappa shape index (κ2) is 8.72. The van der Waals surface area contributed by atoms with E-state index in [-0.39, 0.29) is 0 Å². The minimum absolute atomic E-state index is 0.482. The fourth-order valence-electron chi connectivity index (χ4n) is 2.35. The molecule has 0 atom stereocenters. The first-order valence-electron chi connectivity index (χ1n) is 7.36. The van der Waals surface area contributed by atoms with Gasteiger partial charge >= 0.3 is 0 Å². The summed E-state index contributed by atoms with van der Waals surface area (Å²) in [6.07, 6.45) is 2.25. The van der Waals surface area contributed by atoms with Gasteiger partial charge in [0.15, 0.2) is 0 Å². The minimum atomic E-state index is 0.482. The number of hydrogen-bond donors (Lipinski definition) is 0. The molecule has 0 aliphatic carbocycles. The molecule has 0 aromatic heterocycles. The van der Waals surface area contributed by atoms with Gasteiger partial charge < -0.3 is 4.43 Å². The lowest BCUT2D eigenvalue weighted by Crippen LogP contribution is -2.05. The van der Waals surface area contributed by atoms with Crippen molar-refractivity contribution in [1.82, 2.24) is 0 Å². The molecule has 0 aliphatic heterocycles. The summed E-state index contributed by atoms with van der Waals surface area (Å²) in [5, 5.41) is 0. The summed E-state index contributed by atoms with van der Waals surface area (Å²) in [4.78, 5) is 0. The Balaban J connectivity index is 2.02. The van der Waals surface area contributed by atoms with Crippen molar-refractivity contribution in [2.75, 3.05) is 6.61 Å². The van der Waals surface area contributed by atoms with Crippen LogP contribution in [-0.4, -0.2) is 16.4 Å². The third kappa shape index (κ3) is 4.62. The van der Waals surface area contributed by atoms with Gasteiger partial charge in [0.25, 0.3) is 0 Å². The Bertz CT molecular complexity index is 430. The quantitative estimate of drug-likeness (QED) is 0.505. The van der Waals surface area contributed by atoms with Crippen LogP contribution in [-0.2, 0) is 4.43 Å². The lowest BCUT2D eigenvalue weighted by molar-refractivity contribution is 0.334. The molecule has 1 nitrogen and oxygen atoms in total. The molecule has 2 aromatic rings. The molecular formula is C18H22OSi. The average molecular weight is 282 g/mol. The first-order chi connectivity index (χ1) is 9.92. The van der Waals surface area contributed by atoms with E-state index in [0.717, 1.165) is 25.5 Å². The predicted octanol–water partition coefficient (Wildman–Crippen LogP) is 4.67. The summed E-state index contributed by atoms with van der Waals surface area (Å²) < 4.78 is 5.63. The first-order valence-corrected chi connectivity index (χ1v) is 8.48. The van der Waals surface area contributed by atoms with Crippen molar-refractivity contribution in [3.63, 3.8) is 0 Å². The van der Waals surface area contributed by atoms with Crippen molar-refractivity contribution in [1.29, 1.82) is 0 Å². The summed E-state index contributed by atoms with van der Waals surface area (Å²) in [5.74, 6) is 0.482. The van der Waals surface area contributed by atoms with E-state index in [4.69, 9.17) is 4.43 Å². The molecule has 0 spiro atoms. The molecule has 0 heterocycles. The minimum Gasteiger partial charge on any atom is -0.417 e. The SMILES string of the molecule is CCCO[Si]CCC(c1ccccc1)c1ccccc1. The van der Waals surface area contributed by atoms with E-state index in [1.54, 1.807) is 0 Å². The highest BCUT2D eigenvalue weighted by atomic mass is 28.2. The van der Waals surface area contributed by atoms with Crippen LogP contribution in [0.3, 0.4) is 0 Å². The van der Waals surface area contributed by atoms with E-state index in [0.29, 0.717) is 15.7 Å². The zero-order chi connectivity index (χ0) is 14.0. The molecule has 0 N–H and O–H groups in total. The van der Waals surface area contributed by atoms with E-state index in [9.17, 15) is 0 Å². The van der Waals surface area contributed by atoms with Gasteiger partial charge in [-0.3, -0.25) is 0 Å². The first kappa shape index (κ1) is 15.0. The highest BCUT2D eigenvalue weighted by Gasteiger charge is 2.13. The smallest absolute Gasteiger partial charge is 0.229 e. The van der Waals surface area contributed by atoms with Gasteiger partial charge in [-0.05, 0) is 30.0 Å². The maximum atomic E-state index is 5.63. The van der Waals surface area contributed by atoms with Crippen LogP contribution in [0, 0.1) is 0 Å². The molecule has 2 aromatic carbocycles. The van der Waals surface area contributed by atoms with Crippen molar-refractivity contribution in [2.24, 2.45) is 0 Å². The molecule has 0 bridgehead atoms. The van der Waals surface area contributed by atoms with E-state index in [2.05, 4.69) is 67.6 Å². The largest absolute Gasteiger partial charge is 0.417 e. The summed E-state index contributed by atoms with van der Waals surface area (Å²) >= 11 is 0. The van der Waals surface area contributed by atoms with Crippen molar-refractivity contribution in [2.45, 2.75) is 31.7 Å². The Hall–Kier alpha value is -1.38. The number of hydrogen-bond acceptors (Lipinski definition) is 1. The van der Waals surface area contributed by atoms with Crippen LogP contribution in [0.5, 0.6) is 0 Å². The molecule has 0 fully saturated rings. The predicted molar refractivity (Wildman–Crippen MR) is 86.1 cm³/mol. The fourth-order valence-corrected chi connectivity index (χ4v) is 3.25. The van der Waals surface area contributed by atoms with Crippen LogP contribution in [0.25, 0.3) is 0 Å². The van der Waals surface area contributed by atoms with Gasteiger partial charge in [-0.1, -0.05) is 67.6 Å². The van der Waals surface area contributed by atoms with Gasteiger partial charge in [0, 0.05) is 12.5 Å². The monoisotopic (exact) mass is 282 g/mol.